The number of imidazole rings is 1. The molecule has 0 radical (unpaired) electrons. The standard InChI is InChI=1S/C16H26N4S/c1-4-20-15-14(12(3)18-20)17-16(21)19(15)9-8-13-7-5-6-11(2)10-13/h11,13H,4-10H2,1-3H3,(H,17,21). The van der Waals surface area contributed by atoms with Crippen molar-refractivity contribution in [2.24, 2.45) is 11.8 Å². The summed E-state index contributed by atoms with van der Waals surface area (Å²) in [7, 11) is 0. The van der Waals surface area contributed by atoms with E-state index in [2.05, 4.69) is 33.2 Å². The Balaban J connectivity index is 1.83. The normalized spacial score (nSPS) is 23.0. The largest absolute Gasteiger partial charge is 0.328 e. The van der Waals surface area contributed by atoms with E-state index in [0.717, 1.165) is 40.9 Å². The molecule has 1 saturated carbocycles. The highest BCUT2D eigenvalue weighted by molar-refractivity contribution is 7.71. The maximum absolute atomic E-state index is 5.53. The van der Waals surface area contributed by atoms with Crippen molar-refractivity contribution < 1.29 is 0 Å². The van der Waals surface area contributed by atoms with Crippen LogP contribution in [0.25, 0.3) is 11.2 Å². The van der Waals surface area contributed by atoms with Gasteiger partial charge in [0, 0.05) is 13.1 Å². The predicted octanol–water partition coefficient (Wildman–Crippen LogP) is 4.44. The third-order valence-corrected chi connectivity index (χ3v) is 5.26. The van der Waals surface area contributed by atoms with Crippen LogP contribution in [0.2, 0.25) is 0 Å². The van der Waals surface area contributed by atoms with Gasteiger partial charge in [-0.1, -0.05) is 26.2 Å². The fourth-order valence-electron chi connectivity index (χ4n) is 3.82. The Morgan fingerprint density at radius 2 is 2.19 bits per heavy atom. The monoisotopic (exact) mass is 306 g/mol. The second kappa shape index (κ2) is 5.95. The summed E-state index contributed by atoms with van der Waals surface area (Å²) in [6.45, 7) is 8.47. The average Bonchev–Trinajstić information content (AvgIpc) is 2.94. The Kier molecular flexibility index (Phi) is 4.20. The Morgan fingerprint density at radius 3 is 2.90 bits per heavy atom. The van der Waals surface area contributed by atoms with E-state index >= 15 is 0 Å². The molecule has 3 rings (SSSR count). The maximum atomic E-state index is 5.53. The summed E-state index contributed by atoms with van der Waals surface area (Å²) < 4.78 is 5.17. The van der Waals surface area contributed by atoms with Crippen molar-refractivity contribution in [1.82, 2.24) is 19.3 Å². The molecule has 4 nitrogen and oxygen atoms in total. The fraction of sp³-hybridized carbons (Fsp3) is 0.750. The molecule has 0 bridgehead atoms. The van der Waals surface area contributed by atoms with Crippen LogP contribution >= 0.6 is 12.2 Å². The van der Waals surface area contributed by atoms with Crippen LogP contribution in [0.15, 0.2) is 0 Å². The van der Waals surface area contributed by atoms with E-state index in [0.29, 0.717) is 0 Å². The zero-order valence-electron chi connectivity index (χ0n) is 13.4. The van der Waals surface area contributed by atoms with Crippen LogP contribution in [0.5, 0.6) is 0 Å². The van der Waals surface area contributed by atoms with Crippen molar-refractivity contribution in [2.45, 2.75) is 66.0 Å². The van der Waals surface area contributed by atoms with Gasteiger partial charge in [0.05, 0.1) is 5.69 Å². The Hall–Kier alpha value is -1.10. The summed E-state index contributed by atoms with van der Waals surface area (Å²) in [6, 6.07) is 0. The third-order valence-electron chi connectivity index (χ3n) is 4.94. The second-order valence-electron chi connectivity index (χ2n) is 6.61. The lowest BCUT2D eigenvalue weighted by Gasteiger charge is -2.26. The van der Waals surface area contributed by atoms with Crippen LogP contribution in [0, 0.1) is 23.5 Å². The van der Waals surface area contributed by atoms with Crippen molar-refractivity contribution in [1.29, 1.82) is 0 Å². The highest BCUT2D eigenvalue weighted by atomic mass is 32.1. The lowest BCUT2D eigenvalue weighted by atomic mass is 9.81. The van der Waals surface area contributed by atoms with E-state index in [1.54, 1.807) is 0 Å². The predicted molar refractivity (Wildman–Crippen MR) is 89.1 cm³/mol. The first kappa shape index (κ1) is 14.8. The molecule has 5 heteroatoms. The first-order valence-electron chi connectivity index (χ1n) is 8.26. The van der Waals surface area contributed by atoms with Gasteiger partial charge in [0.25, 0.3) is 0 Å². The van der Waals surface area contributed by atoms with Gasteiger partial charge in [-0.2, -0.15) is 5.10 Å². The molecule has 1 N–H and O–H groups in total. The minimum absolute atomic E-state index is 0.844. The van der Waals surface area contributed by atoms with E-state index in [1.165, 1.54) is 37.8 Å². The van der Waals surface area contributed by atoms with E-state index in [-0.39, 0.29) is 0 Å². The number of hydrogen-bond acceptors (Lipinski definition) is 2. The molecule has 0 spiro atoms. The molecule has 1 fully saturated rings. The Labute approximate surface area is 131 Å². The summed E-state index contributed by atoms with van der Waals surface area (Å²) in [4.78, 5) is 3.34. The van der Waals surface area contributed by atoms with E-state index < -0.39 is 0 Å². The van der Waals surface area contributed by atoms with Gasteiger partial charge < -0.3 is 9.55 Å². The van der Waals surface area contributed by atoms with Gasteiger partial charge in [-0.15, -0.1) is 0 Å². The number of aromatic nitrogens is 4. The first-order valence-corrected chi connectivity index (χ1v) is 8.66. The zero-order valence-corrected chi connectivity index (χ0v) is 14.2. The van der Waals surface area contributed by atoms with E-state index in [1.807, 2.05) is 6.92 Å². The molecule has 0 aliphatic heterocycles. The third kappa shape index (κ3) is 2.80. The van der Waals surface area contributed by atoms with Gasteiger partial charge in [0.2, 0.25) is 0 Å². The van der Waals surface area contributed by atoms with Crippen LogP contribution in [-0.2, 0) is 13.1 Å². The number of aromatic amines is 1. The van der Waals surface area contributed by atoms with E-state index in [9.17, 15) is 0 Å². The summed E-state index contributed by atoms with van der Waals surface area (Å²) in [5.74, 6) is 1.76. The number of aryl methyl sites for hydroxylation is 3. The molecule has 1 aliphatic carbocycles. The Bertz CT molecular complexity index is 678. The summed E-state index contributed by atoms with van der Waals surface area (Å²) >= 11 is 5.53. The molecular weight excluding hydrogens is 280 g/mol. The van der Waals surface area contributed by atoms with Gasteiger partial charge in [0.15, 0.2) is 10.4 Å². The number of fused-ring (bicyclic) bond motifs is 1. The molecule has 2 heterocycles. The van der Waals surface area contributed by atoms with Gasteiger partial charge in [-0.3, -0.25) is 0 Å². The summed E-state index contributed by atoms with van der Waals surface area (Å²) in [6.07, 6.45) is 6.81. The lowest BCUT2D eigenvalue weighted by Crippen LogP contribution is -2.16. The van der Waals surface area contributed by atoms with Crippen LogP contribution in [0.1, 0.15) is 51.6 Å². The highest BCUT2D eigenvalue weighted by Gasteiger charge is 2.20. The van der Waals surface area contributed by atoms with Crippen molar-refractivity contribution in [3.8, 4) is 0 Å². The van der Waals surface area contributed by atoms with Crippen molar-refractivity contribution in [3.05, 3.63) is 10.5 Å². The van der Waals surface area contributed by atoms with Crippen LogP contribution in [0.4, 0.5) is 0 Å². The maximum Gasteiger partial charge on any atom is 0.179 e. The molecule has 0 saturated heterocycles. The van der Waals surface area contributed by atoms with Gasteiger partial charge >= 0.3 is 0 Å². The molecule has 0 aromatic carbocycles. The molecular formula is C16H26N4S. The first-order chi connectivity index (χ1) is 10.1. The minimum Gasteiger partial charge on any atom is -0.328 e. The number of H-pyrrole nitrogens is 1. The molecule has 2 unspecified atom stereocenters. The van der Waals surface area contributed by atoms with Crippen LogP contribution < -0.4 is 0 Å². The highest BCUT2D eigenvalue weighted by Crippen LogP contribution is 2.31. The molecule has 116 valence electrons. The Morgan fingerprint density at radius 1 is 1.38 bits per heavy atom. The minimum atomic E-state index is 0.844. The molecule has 1 aliphatic rings. The van der Waals surface area contributed by atoms with Crippen molar-refractivity contribution in [2.75, 3.05) is 0 Å². The molecule has 2 atom stereocenters. The molecule has 21 heavy (non-hydrogen) atoms. The SMILES string of the molecule is CCn1nc(C)c2[nH]c(=S)n(CCC3CCCC(C)C3)c21. The smallest absolute Gasteiger partial charge is 0.179 e. The van der Waals surface area contributed by atoms with Gasteiger partial charge in [-0.25, -0.2) is 4.68 Å². The van der Waals surface area contributed by atoms with Gasteiger partial charge in [-0.05, 0) is 50.7 Å². The van der Waals surface area contributed by atoms with Crippen molar-refractivity contribution in [3.63, 3.8) is 0 Å². The average molecular weight is 306 g/mol. The van der Waals surface area contributed by atoms with Crippen molar-refractivity contribution >= 4 is 23.4 Å². The lowest BCUT2D eigenvalue weighted by molar-refractivity contribution is 0.261. The topological polar surface area (TPSA) is 38.5 Å². The number of nitrogens with one attached hydrogen (secondary N) is 1. The quantitative estimate of drug-likeness (QED) is 0.848. The molecule has 2 aromatic heterocycles. The van der Waals surface area contributed by atoms with Crippen LogP contribution in [0.3, 0.4) is 0 Å². The molecule has 0 amide bonds. The fourth-order valence-corrected chi connectivity index (χ4v) is 4.10. The second-order valence-corrected chi connectivity index (χ2v) is 6.99. The number of hydrogen-bond donors (Lipinski definition) is 1. The summed E-state index contributed by atoms with van der Waals surface area (Å²) in [5.41, 5.74) is 3.32. The zero-order chi connectivity index (χ0) is 15.0. The number of nitrogens with zero attached hydrogens (tertiary/aromatic N) is 3. The van der Waals surface area contributed by atoms with Crippen LogP contribution in [-0.4, -0.2) is 19.3 Å². The summed E-state index contributed by atoms with van der Waals surface area (Å²) in [5, 5.41) is 4.60. The van der Waals surface area contributed by atoms with E-state index in [4.69, 9.17) is 12.2 Å². The molecule has 2 aromatic rings. The number of rotatable bonds is 4. The van der Waals surface area contributed by atoms with Gasteiger partial charge in [0.1, 0.15) is 5.52 Å².